The molecule has 1 N–H and O–H groups in total. The summed E-state index contributed by atoms with van der Waals surface area (Å²) in [5, 5.41) is 10.9. The quantitative estimate of drug-likeness (QED) is 0.920. The maximum absolute atomic E-state index is 11.8. The molecule has 1 rings (SSSR count). The SMILES string of the molecule is CC(NC(=O)OCC(F)(F)F)c1ccc(C#N)cc1. The molecule has 0 spiro atoms. The lowest BCUT2D eigenvalue weighted by Gasteiger charge is -2.15. The Hall–Kier alpha value is -2.23. The average molecular weight is 272 g/mol. The Morgan fingerprint density at radius 1 is 1.42 bits per heavy atom. The number of carbonyl (C=O) groups excluding carboxylic acids is 1. The maximum atomic E-state index is 11.8. The summed E-state index contributed by atoms with van der Waals surface area (Å²) in [5.41, 5.74) is 1.11. The van der Waals surface area contributed by atoms with Gasteiger partial charge in [-0.25, -0.2) is 4.79 Å². The highest BCUT2D eigenvalue weighted by Gasteiger charge is 2.29. The molecule has 0 radical (unpaired) electrons. The number of nitrogens with zero attached hydrogens (tertiary/aromatic N) is 1. The molecule has 0 bridgehead atoms. The molecule has 1 unspecified atom stereocenters. The van der Waals surface area contributed by atoms with E-state index in [1.165, 1.54) is 0 Å². The molecule has 0 fully saturated rings. The van der Waals surface area contributed by atoms with Crippen molar-refractivity contribution in [1.29, 1.82) is 5.26 Å². The summed E-state index contributed by atoms with van der Waals surface area (Å²) in [7, 11) is 0. The Morgan fingerprint density at radius 3 is 2.47 bits per heavy atom. The van der Waals surface area contributed by atoms with E-state index in [0.717, 1.165) is 0 Å². The lowest BCUT2D eigenvalue weighted by molar-refractivity contribution is -0.160. The summed E-state index contributed by atoms with van der Waals surface area (Å²) in [6.45, 7) is -0.0326. The molecule has 102 valence electrons. The van der Waals surface area contributed by atoms with E-state index in [2.05, 4.69) is 10.1 Å². The van der Waals surface area contributed by atoms with Gasteiger partial charge in [0.15, 0.2) is 6.61 Å². The standard InChI is InChI=1S/C12H11F3N2O2/c1-8(10-4-2-9(6-16)3-5-10)17-11(18)19-7-12(13,14)15/h2-5,8H,7H2,1H3,(H,17,18). The highest BCUT2D eigenvalue weighted by Crippen LogP contribution is 2.16. The summed E-state index contributed by atoms with van der Waals surface area (Å²) >= 11 is 0. The molecule has 0 aliphatic carbocycles. The Bertz CT molecular complexity index is 477. The maximum Gasteiger partial charge on any atom is 0.422 e. The second-order valence-corrected chi connectivity index (χ2v) is 3.79. The molecule has 1 aromatic rings. The fraction of sp³-hybridized carbons (Fsp3) is 0.333. The molecule has 0 saturated carbocycles. The minimum absolute atomic E-state index is 0.454. The van der Waals surface area contributed by atoms with Gasteiger partial charge in [-0.3, -0.25) is 0 Å². The molecule has 1 aromatic carbocycles. The van der Waals surface area contributed by atoms with Gasteiger partial charge in [0.05, 0.1) is 17.7 Å². The third kappa shape index (κ3) is 5.29. The van der Waals surface area contributed by atoms with Crippen LogP contribution in [0.25, 0.3) is 0 Å². The van der Waals surface area contributed by atoms with Crippen LogP contribution in [0.2, 0.25) is 0 Å². The lowest BCUT2D eigenvalue weighted by Crippen LogP contribution is -2.30. The topological polar surface area (TPSA) is 62.1 Å². The number of nitriles is 1. The number of amides is 1. The minimum Gasteiger partial charge on any atom is -0.440 e. The number of alkyl halides is 3. The monoisotopic (exact) mass is 272 g/mol. The molecule has 1 atom stereocenters. The number of ether oxygens (including phenoxy) is 1. The van der Waals surface area contributed by atoms with E-state index in [-0.39, 0.29) is 0 Å². The van der Waals surface area contributed by atoms with Gasteiger partial charge in [0.1, 0.15) is 0 Å². The molecule has 1 amide bonds. The van der Waals surface area contributed by atoms with E-state index in [1.807, 2.05) is 6.07 Å². The number of rotatable bonds is 3. The molecule has 19 heavy (non-hydrogen) atoms. The number of nitrogens with one attached hydrogen (secondary N) is 1. The molecule has 0 aromatic heterocycles. The zero-order chi connectivity index (χ0) is 14.5. The van der Waals surface area contributed by atoms with Crippen molar-refractivity contribution >= 4 is 6.09 Å². The molecule has 0 heterocycles. The van der Waals surface area contributed by atoms with E-state index in [1.54, 1.807) is 31.2 Å². The van der Waals surface area contributed by atoms with Crippen LogP contribution in [0.4, 0.5) is 18.0 Å². The van der Waals surface area contributed by atoms with Crippen molar-refractivity contribution in [2.45, 2.75) is 19.1 Å². The van der Waals surface area contributed by atoms with Crippen molar-refractivity contribution < 1.29 is 22.7 Å². The second kappa shape index (κ2) is 6.09. The van der Waals surface area contributed by atoms with Crippen LogP contribution < -0.4 is 5.32 Å². The van der Waals surface area contributed by atoms with Crippen molar-refractivity contribution in [2.75, 3.05) is 6.61 Å². The van der Waals surface area contributed by atoms with Gasteiger partial charge in [-0.2, -0.15) is 18.4 Å². The summed E-state index contributed by atoms with van der Waals surface area (Å²) < 4.78 is 39.5. The molecule has 0 saturated heterocycles. The molecule has 0 aliphatic heterocycles. The van der Waals surface area contributed by atoms with E-state index in [0.29, 0.717) is 11.1 Å². The number of hydrogen-bond acceptors (Lipinski definition) is 3. The van der Waals surface area contributed by atoms with E-state index >= 15 is 0 Å². The molecule has 4 nitrogen and oxygen atoms in total. The van der Waals surface area contributed by atoms with Gasteiger partial charge in [0, 0.05) is 0 Å². The zero-order valence-electron chi connectivity index (χ0n) is 9.99. The van der Waals surface area contributed by atoms with Crippen molar-refractivity contribution in [2.24, 2.45) is 0 Å². The highest BCUT2D eigenvalue weighted by molar-refractivity contribution is 5.67. The predicted molar refractivity (Wildman–Crippen MR) is 60.1 cm³/mol. The van der Waals surface area contributed by atoms with Gasteiger partial charge < -0.3 is 10.1 Å². The summed E-state index contributed by atoms with van der Waals surface area (Å²) in [6, 6.07) is 7.72. The Morgan fingerprint density at radius 2 is 2.00 bits per heavy atom. The number of alkyl carbamates (subject to hydrolysis) is 1. The summed E-state index contributed by atoms with van der Waals surface area (Å²) in [5.74, 6) is 0. The third-order valence-electron chi connectivity index (χ3n) is 2.24. The zero-order valence-corrected chi connectivity index (χ0v) is 9.99. The highest BCUT2D eigenvalue weighted by atomic mass is 19.4. The largest absolute Gasteiger partial charge is 0.440 e. The molecule has 0 aliphatic rings. The summed E-state index contributed by atoms with van der Waals surface area (Å²) in [4.78, 5) is 11.1. The van der Waals surface area contributed by atoms with Crippen molar-refractivity contribution in [1.82, 2.24) is 5.32 Å². The van der Waals surface area contributed by atoms with Gasteiger partial charge >= 0.3 is 12.3 Å². The first kappa shape index (κ1) is 14.8. The smallest absolute Gasteiger partial charge is 0.422 e. The first-order valence-electron chi connectivity index (χ1n) is 5.32. The van der Waals surface area contributed by atoms with Crippen LogP contribution in [-0.4, -0.2) is 18.9 Å². The van der Waals surface area contributed by atoms with Crippen molar-refractivity contribution in [3.63, 3.8) is 0 Å². The van der Waals surface area contributed by atoms with Gasteiger partial charge in [0.25, 0.3) is 0 Å². The normalized spacial score (nSPS) is 12.4. The van der Waals surface area contributed by atoms with Crippen LogP contribution in [0.15, 0.2) is 24.3 Å². The van der Waals surface area contributed by atoms with Gasteiger partial charge in [-0.15, -0.1) is 0 Å². The second-order valence-electron chi connectivity index (χ2n) is 3.79. The van der Waals surface area contributed by atoms with Gasteiger partial charge in [-0.1, -0.05) is 12.1 Å². The summed E-state index contributed by atoms with van der Waals surface area (Å²) in [6.07, 6.45) is -5.69. The van der Waals surface area contributed by atoms with Crippen molar-refractivity contribution in [3.05, 3.63) is 35.4 Å². The number of halogens is 3. The molecular formula is C12H11F3N2O2. The lowest BCUT2D eigenvalue weighted by atomic mass is 10.1. The van der Waals surface area contributed by atoms with Gasteiger partial charge in [-0.05, 0) is 24.6 Å². The van der Waals surface area contributed by atoms with Crippen LogP contribution in [0.3, 0.4) is 0 Å². The number of hydrogen-bond donors (Lipinski definition) is 1. The minimum atomic E-state index is -4.55. The third-order valence-corrected chi connectivity index (χ3v) is 2.24. The predicted octanol–water partition coefficient (Wildman–Crippen LogP) is 2.91. The van der Waals surface area contributed by atoms with Crippen LogP contribution in [0.1, 0.15) is 24.1 Å². The van der Waals surface area contributed by atoms with E-state index in [4.69, 9.17) is 5.26 Å². The fourth-order valence-corrected chi connectivity index (χ4v) is 1.30. The number of benzene rings is 1. The van der Waals surface area contributed by atoms with E-state index in [9.17, 15) is 18.0 Å². The molecular weight excluding hydrogens is 261 g/mol. The van der Waals surface area contributed by atoms with Crippen molar-refractivity contribution in [3.8, 4) is 6.07 Å². The molecule has 7 heteroatoms. The first-order chi connectivity index (χ1) is 8.81. The van der Waals surface area contributed by atoms with E-state index < -0.39 is 24.9 Å². The number of carbonyl (C=O) groups is 1. The van der Waals surface area contributed by atoms with Crippen LogP contribution in [0.5, 0.6) is 0 Å². The first-order valence-corrected chi connectivity index (χ1v) is 5.32. The Labute approximate surface area is 107 Å². The fourth-order valence-electron chi connectivity index (χ4n) is 1.30. The van der Waals surface area contributed by atoms with Crippen LogP contribution in [-0.2, 0) is 4.74 Å². The van der Waals surface area contributed by atoms with Crippen LogP contribution >= 0.6 is 0 Å². The van der Waals surface area contributed by atoms with Gasteiger partial charge in [0.2, 0.25) is 0 Å². The van der Waals surface area contributed by atoms with Crippen LogP contribution in [0, 0.1) is 11.3 Å². The average Bonchev–Trinajstić information content (AvgIpc) is 2.35. The Kier molecular flexibility index (Phi) is 4.75. The Balaban J connectivity index is 2.52.